The van der Waals surface area contributed by atoms with E-state index in [-0.39, 0.29) is 54.0 Å². The number of halogens is 1. The van der Waals surface area contributed by atoms with Crippen molar-refractivity contribution in [1.29, 1.82) is 0 Å². The van der Waals surface area contributed by atoms with Crippen LogP contribution < -0.4 is 34.9 Å². The monoisotopic (exact) mass is 360 g/mol. The van der Waals surface area contributed by atoms with Crippen molar-refractivity contribution in [1.82, 2.24) is 10.3 Å². The zero-order chi connectivity index (χ0) is 15.1. The average molecular weight is 361 g/mol. The molecular weight excluding hydrogens is 339 g/mol. The number of hydrogen-bond acceptors (Lipinski definition) is 8. The molecule has 4 heterocycles. The van der Waals surface area contributed by atoms with E-state index in [1.807, 2.05) is 0 Å². The van der Waals surface area contributed by atoms with Crippen LogP contribution in [0.2, 0.25) is 0 Å². The maximum Gasteiger partial charge on any atom is 1.00 e. The van der Waals surface area contributed by atoms with E-state index in [4.69, 9.17) is 19.6 Å². The van der Waals surface area contributed by atoms with Crippen molar-refractivity contribution in [2.75, 3.05) is 26.4 Å². The van der Waals surface area contributed by atoms with Crippen LogP contribution in [0.5, 0.6) is 0 Å². The van der Waals surface area contributed by atoms with Gasteiger partial charge in [-0.1, -0.05) is 0 Å². The van der Waals surface area contributed by atoms with E-state index in [9.17, 15) is 4.91 Å². The number of nitroso groups, excluding NO2 is 1. The molecule has 0 saturated carbocycles. The first-order valence-corrected chi connectivity index (χ1v) is 7.26. The van der Waals surface area contributed by atoms with Crippen molar-refractivity contribution in [3.05, 3.63) is 15.0 Å². The maximum atomic E-state index is 10.2. The molecule has 0 aliphatic carbocycles. The van der Waals surface area contributed by atoms with E-state index in [2.05, 4.69) is 10.6 Å². The Kier molecular flexibility index (Phi) is 12.3. The molecule has 0 amide bonds. The molecule has 11 heteroatoms. The fourth-order valence-corrected chi connectivity index (χ4v) is 3.26. The smallest absolute Gasteiger partial charge is 0.444 e. The number of nitrogens with one attached hydrogen (secondary N) is 1. The van der Waals surface area contributed by atoms with Gasteiger partial charge in [-0.3, -0.25) is 5.01 Å². The van der Waals surface area contributed by atoms with E-state index >= 15 is 0 Å². The van der Waals surface area contributed by atoms with Gasteiger partial charge in [-0.15, -0.1) is 22.7 Å². The minimum absolute atomic E-state index is 0. The van der Waals surface area contributed by atoms with Gasteiger partial charge in [-0.25, -0.2) is 0 Å². The normalized spacial score (nSPS) is 32.8. The number of ether oxygens (including phenoxy) is 2. The zero-order valence-electron chi connectivity index (χ0n) is 13.3. The van der Waals surface area contributed by atoms with Crippen molar-refractivity contribution in [2.45, 2.75) is 49.9 Å². The molecule has 1 N–H and O–H groups in total. The Hall–Kier alpha value is -0.0300. The molecule has 4 bridgehead atoms. The van der Waals surface area contributed by atoms with E-state index < -0.39 is 0 Å². The third-order valence-electron chi connectivity index (χ3n) is 4.27. The topological polar surface area (TPSA) is 116 Å². The van der Waals surface area contributed by atoms with Crippen molar-refractivity contribution >= 4 is 12.4 Å². The molecule has 0 aromatic rings. The van der Waals surface area contributed by atoms with Crippen LogP contribution in [0.4, 0.5) is 0 Å². The van der Waals surface area contributed by atoms with Crippen LogP contribution >= 0.6 is 12.4 Å². The van der Waals surface area contributed by atoms with Crippen molar-refractivity contribution in [3.8, 4) is 0 Å². The van der Waals surface area contributed by atoms with Crippen LogP contribution in [0.25, 0.3) is 0 Å². The van der Waals surface area contributed by atoms with Gasteiger partial charge in [0.05, 0.1) is 43.8 Å². The summed E-state index contributed by atoms with van der Waals surface area (Å²) in [4.78, 5) is 18.2. The first-order valence-electron chi connectivity index (χ1n) is 7.26. The van der Waals surface area contributed by atoms with Crippen LogP contribution in [0.1, 0.15) is 25.7 Å². The van der Waals surface area contributed by atoms with Gasteiger partial charge in [0.2, 0.25) is 0 Å². The predicted molar refractivity (Wildman–Crippen MR) is 82.4 cm³/mol. The van der Waals surface area contributed by atoms with Gasteiger partial charge >= 0.3 is 29.6 Å². The average Bonchev–Trinajstić information content (AvgIpc) is 2.95. The van der Waals surface area contributed by atoms with Gasteiger partial charge < -0.3 is 24.9 Å². The van der Waals surface area contributed by atoms with Gasteiger partial charge in [0.15, 0.2) is 0 Å². The van der Waals surface area contributed by atoms with Gasteiger partial charge in [0.1, 0.15) is 0 Å². The summed E-state index contributed by atoms with van der Waals surface area (Å²) in [5.41, 5.74) is 0. The summed E-state index contributed by atoms with van der Waals surface area (Å²) >= 11 is 0. The van der Waals surface area contributed by atoms with Crippen LogP contribution in [-0.2, 0) is 9.47 Å². The number of nitrogens with zero attached hydrogens (tertiary/aromatic N) is 3. The van der Waals surface area contributed by atoms with Gasteiger partial charge in [-0.2, -0.15) is 0 Å². The Morgan fingerprint density at radius 3 is 1.70 bits per heavy atom. The summed E-state index contributed by atoms with van der Waals surface area (Å²) in [7, 11) is 0. The van der Waals surface area contributed by atoms with E-state index in [1.54, 1.807) is 5.01 Å². The second-order valence-corrected chi connectivity index (χ2v) is 5.63. The molecule has 4 unspecified atom stereocenters. The molecule has 23 heavy (non-hydrogen) atoms. The molecule has 4 rings (SSSR count). The standard InChI is InChI=1S/C6H10N2O2.C6H11NO.ClH.HNO2.Na/c9-7-8-5-1-2-6(8)4-10-3-5;1-2-6-4-8-3-5(1)7-6;;2-1-3;/h5-6H,1-4H2;5-7H,1-4H2;1H;(H,2,3);/q;;;;+1/p-1. The molecule has 0 aromatic carbocycles. The third kappa shape index (κ3) is 6.77. The Morgan fingerprint density at radius 1 is 0.913 bits per heavy atom. The summed E-state index contributed by atoms with van der Waals surface area (Å²) in [5.74, 6) is 0. The van der Waals surface area contributed by atoms with E-state index in [1.165, 1.54) is 12.8 Å². The Bertz CT molecular complexity index is 327. The van der Waals surface area contributed by atoms with Crippen LogP contribution in [0.3, 0.4) is 0 Å². The summed E-state index contributed by atoms with van der Waals surface area (Å²) < 4.78 is 10.5. The fourth-order valence-electron chi connectivity index (χ4n) is 3.26. The fraction of sp³-hybridized carbons (Fsp3) is 1.00. The van der Waals surface area contributed by atoms with Crippen LogP contribution in [0, 0.1) is 15.0 Å². The molecule has 4 fully saturated rings. The molecule has 9 nitrogen and oxygen atoms in total. The molecule has 0 radical (unpaired) electrons. The predicted octanol–water partition coefficient (Wildman–Crippen LogP) is -1.66. The van der Waals surface area contributed by atoms with E-state index in [0.29, 0.717) is 25.3 Å². The van der Waals surface area contributed by atoms with Gasteiger partial charge in [-0.05, 0) is 25.7 Å². The van der Waals surface area contributed by atoms with E-state index in [0.717, 1.165) is 31.4 Å². The number of hydrogen-bond donors (Lipinski definition) is 1. The summed E-state index contributed by atoms with van der Waals surface area (Å²) in [6.45, 7) is 3.25. The second kappa shape index (κ2) is 12.3. The SMILES string of the molecule is C1CC2COCC1N2.Cl.O=NN1C2CCC1COC2.O=N[O-].[Na+]. The molecule has 4 saturated heterocycles. The minimum atomic E-state index is 0. The largest absolute Gasteiger partial charge is 1.00 e. The molecule has 4 aliphatic heterocycles. The molecule has 4 aliphatic rings. The Morgan fingerprint density at radius 2 is 1.35 bits per heavy atom. The Labute approximate surface area is 163 Å². The summed E-state index contributed by atoms with van der Waals surface area (Å²) in [5, 5.41) is 17.1. The number of fused-ring (bicyclic) bond motifs is 4. The minimum Gasteiger partial charge on any atom is -0.444 e. The van der Waals surface area contributed by atoms with Gasteiger partial charge in [0.25, 0.3) is 0 Å². The number of rotatable bonds is 1. The van der Waals surface area contributed by atoms with Crippen LogP contribution in [0.15, 0.2) is 10.6 Å². The Balaban J connectivity index is 0.000000340. The first-order chi connectivity index (χ1) is 10.3. The maximum absolute atomic E-state index is 10.2. The summed E-state index contributed by atoms with van der Waals surface area (Å²) in [6.07, 6.45) is 4.78. The molecule has 0 aromatic heterocycles. The number of morpholine rings is 2. The van der Waals surface area contributed by atoms with Crippen molar-refractivity contribution in [2.24, 2.45) is 10.6 Å². The molecule has 128 valence electrons. The van der Waals surface area contributed by atoms with Crippen molar-refractivity contribution in [3.63, 3.8) is 0 Å². The molecule has 0 spiro atoms. The van der Waals surface area contributed by atoms with Crippen molar-refractivity contribution < 1.29 is 39.0 Å². The zero-order valence-corrected chi connectivity index (χ0v) is 16.1. The quantitative estimate of drug-likeness (QED) is 0.338. The van der Waals surface area contributed by atoms with Gasteiger partial charge in [0, 0.05) is 12.1 Å². The van der Waals surface area contributed by atoms with Crippen LogP contribution in [-0.4, -0.2) is 55.6 Å². The molecule has 4 atom stereocenters. The molecular formula is C12H22ClN4NaO5. The third-order valence-corrected chi connectivity index (χ3v) is 4.27. The first kappa shape index (κ1) is 23.0. The summed E-state index contributed by atoms with van der Waals surface area (Å²) in [6, 6.07) is 1.93. The second-order valence-electron chi connectivity index (χ2n) is 5.63.